The van der Waals surface area contributed by atoms with Crippen molar-refractivity contribution in [3.8, 4) is 22.3 Å². The van der Waals surface area contributed by atoms with Gasteiger partial charge in [-0.15, -0.1) is 0 Å². The molecule has 9 aromatic carbocycles. The zero-order chi connectivity index (χ0) is 28.1. The molecule has 10 aromatic rings. The van der Waals surface area contributed by atoms with E-state index in [0.717, 1.165) is 16.6 Å². The molecule has 0 aliphatic heterocycles. The highest BCUT2D eigenvalue weighted by Gasteiger charge is 2.21. The molecule has 0 amide bonds. The van der Waals surface area contributed by atoms with Crippen LogP contribution in [-0.4, -0.2) is 0 Å². The van der Waals surface area contributed by atoms with Crippen LogP contribution in [0.3, 0.4) is 0 Å². The van der Waals surface area contributed by atoms with Gasteiger partial charge < -0.3 is 4.42 Å². The molecule has 0 bridgehead atoms. The van der Waals surface area contributed by atoms with Crippen LogP contribution in [0.25, 0.3) is 98.1 Å². The Morgan fingerprint density at radius 1 is 0.279 bits per heavy atom. The Balaban J connectivity index is 1.39. The van der Waals surface area contributed by atoms with Gasteiger partial charge in [0, 0.05) is 10.8 Å². The Bertz CT molecular complexity index is 2650. The van der Waals surface area contributed by atoms with Gasteiger partial charge in [0.25, 0.3) is 0 Å². The van der Waals surface area contributed by atoms with E-state index in [1.807, 2.05) is 6.07 Å². The van der Waals surface area contributed by atoms with E-state index in [2.05, 4.69) is 140 Å². The quantitative estimate of drug-likeness (QED) is 0.156. The molecule has 0 spiro atoms. The molecule has 0 saturated heterocycles. The summed E-state index contributed by atoms with van der Waals surface area (Å²) in [5, 5.41) is 15.2. The number of benzene rings is 9. The number of rotatable bonds is 2. The highest BCUT2D eigenvalue weighted by atomic mass is 16.3. The van der Waals surface area contributed by atoms with Crippen molar-refractivity contribution in [2.75, 3.05) is 0 Å². The minimum absolute atomic E-state index is 0.919. The van der Waals surface area contributed by atoms with Crippen molar-refractivity contribution < 1.29 is 4.42 Å². The van der Waals surface area contributed by atoms with Crippen molar-refractivity contribution in [2.24, 2.45) is 0 Å². The van der Waals surface area contributed by atoms with Crippen LogP contribution < -0.4 is 0 Å². The maximum Gasteiger partial charge on any atom is 0.136 e. The average molecular weight is 545 g/mol. The van der Waals surface area contributed by atoms with Crippen LogP contribution in [0.2, 0.25) is 0 Å². The molecule has 0 aliphatic rings. The Kier molecular flexibility index (Phi) is 4.51. The molecule has 0 unspecified atom stereocenters. The molecule has 0 saturated carbocycles. The largest absolute Gasteiger partial charge is 0.456 e. The predicted molar refractivity (Wildman–Crippen MR) is 183 cm³/mol. The van der Waals surface area contributed by atoms with Crippen molar-refractivity contribution in [1.29, 1.82) is 0 Å². The molecule has 43 heavy (non-hydrogen) atoms. The maximum absolute atomic E-state index is 6.34. The minimum atomic E-state index is 0.919. The Morgan fingerprint density at radius 2 is 0.791 bits per heavy atom. The molecule has 0 aliphatic carbocycles. The van der Waals surface area contributed by atoms with Crippen LogP contribution in [0.5, 0.6) is 0 Å². The fourth-order valence-corrected chi connectivity index (χ4v) is 7.65. The van der Waals surface area contributed by atoms with E-state index in [9.17, 15) is 0 Å². The highest BCUT2D eigenvalue weighted by Crippen LogP contribution is 2.49. The van der Waals surface area contributed by atoms with Gasteiger partial charge >= 0.3 is 0 Å². The predicted octanol–water partition coefficient (Wildman–Crippen LogP) is 12.1. The molecule has 0 fully saturated rings. The molecule has 1 heteroatoms. The molecular weight excluding hydrogens is 520 g/mol. The van der Waals surface area contributed by atoms with E-state index in [1.54, 1.807) is 0 Å². The summed E-state index contributed by atoms with van der Waals surface area (Å²) in [4.78, 5) is 0. The first-order valence-electron chi connectivity index (χ1n) is 14.9. The van der Waals surface area contributed by atoms with E-state index in [-0.39, 0.29) is 0 Å². The number of furan rings is 1. The van der Waals surface area contributed by atoms with Crippen LogP contribution >= 0.6 is 0 Å². The van der Waals surface area contributed by atoms with Gasteiger partial charge in [-0.05, 0) is 88.2 Å². The van der Waals surface area contributed by atoms with Gasteiger partial charge in [0.05, 0.1) is 0 Å². The zero-order valence-corrected chi connectivity index (χ0v) is 23.3. The van der Waals surface area contributed by atoms with Crippen LogP contribution in [0.1, 0.15) is 0 Å². The summed E-state index contributed by atoms with van der Waals surface area (Å²) < 4.78 is 6.34. The van der Waals surface area contributed by atoms with E-state index >= 15 is 0 Å². The summed E-state index contributed by atoms with van der Waals surface area (Å²) in [6, 6.07) is 53.1. The second-order valence-corrected chi connectivity index (χ2v) is 11.6. The fourth-order valence-electron chi connectivity index (χ4n) is 7.65. The second kappa shape index (κ2) is 8.44. The fraction of sp³-hybridized carbons (Fsp3) is 0. The van der Waals surface area contributed by atoms with Crippen molar-refractivity contribution >= 4 is 75.8 Å². The Hall–Kier alpha value is -5.66. The molecule has 1 nitrogen and oxygen atoms in total. The normalized spacial score (nSPS) is 12.2. The van der Waals surface area contributed by atoms with Gasteiger partial charge in [-0.2, -0.15) is 0 Å². The van der Waals surface area contributed by atoms with Gasteiger partial charge in [0.15, 0.2) is 0 Å². The topological polar surface area (TPSA) is 13.1 Å². The summed E-state index contributed by atoms with van der Waals surface area (Å²) in [7, 11) is 0. The summed E-state index contributed by atoms with van der Waals surface area (Å²) >= 11 is 0. The number of fused-ring (bicyclic) bond motifs is 5. The molecule has 10 rings (SSSR count). The van der Waals surface area contributed by atoms with Gasteiger partial charge in [0.1, 0.15) is 11.2 Å². The summed E-state index contributed by atoms with van der Waals surface area (Å²) in [5.74, 6) is 0. The van der Waals surface area contributed by atoms with Crippen molar-refractivity contribution in [1.82, 2.24) is 0 Å². The monoisotopic (exact) mass is 544 g/mol. The molecule has 0 atom stereocenters. The molecule has 1 heterocycles. The maximum atomic E-state index is 6.34. The summed E-state index contributed by atoms with van der Waals surface area (Å²) in [6.45, 7) is 0. The first-order valence-corrected chi connectivity index (χ1v) is 14.9. The molecule has 1 aromatic heterocycles. The lowest BCUT2D eigenvalue weighted by atomic mass is 9.83. The average Bonchev–Trinajstić information content (AvgIpc) is 3.45. The van der Waals surface area contributed by atoms with Crippen LogP contribution in [0.4, 0.5) is 0 Å². The third kappa shape index (κ3) is 3.06. The first kappa shape index (κ1) is 23.0. The second-order valence-electron chi connectivity index (χ2n) is 11.6. The smallest absolute Gasteiger partial charge is 0.136 e. The molecule has 0 radical (unpaired) electrons. The van der Waals surface area contributed by atoms with E-state index in [4.69, 9.17) is 4.42 Å². The number of hydrogen-bond donors (Lipinski definition) is 0. The number of hydrogen-bond acceptors (Lipinski definition) is 1. The van der Waals surface area contributed by atoms with Crippen molar-refractivity contribution in [3.05, 3.63) is 146 Å². The van der Waals surface area contributed by atoms with E-state index < -0.39 is 0 Å². The Labute approximate surface area is 247 Å². The molecular formula is C42H24O. The van der Waals surface area contributed by atoms with Gasteiger partial charge in [-0.1, -0.05) is 133 Å². The zero-order valence-electron chi connectivity index (χ0n) is 23.3. The van der Waals surface area contributed by atoms with Crippen LogP contribution in [-0.2, 0) is 0 Å². The first-order chi connectivity index (χ1) is 21.3. The minimum Gasteiger partial charge on any atom is -0.456 e. The van der Waals surface area contributed by atoms with Crippen molar-refractivity contribution in [3.63, 3.8) is 0 Å². The van der Waals surface area contributed by atoms with Crippen molar-refractivity contribution in [2.45, 2.75) is 0 Å². The summed E-state index contributed by atoms with van der Waals surface area (Å²) in [5.41, 5.74) is 6.86. The lowest BCUT2D eigenvalue weighted by molar-refractivity contribution is 0.669. The van der Waals surface area contributed by atoms with Gasteiger partial charge in [0.2, 0.25) is 0 Å². The summed E-state index contributed by atoms with van der Waals surface area (Å²) in [6.07, 6.45) is 0. The molecule has 0 N–H and O–H groups in total. The third-order valence-corrected chi connectivity index (χ3v) is 9.40. The standard InChI is InChI=1S/C42H24O/c1-3-13-30-28(11-1)40(33-24-22-27-20-19-25-9-7-10-26-21-23-32(33)39(27)38(25)26)29-12-2-4-14-31(29)41(30)35-16-8-18-37-42(35)34-15-5-6-17-36(34)43-37/h1-24H. The van der Waals surface area contributed by atoms with Crippen LogP contribution in [0.15, 0.2) is 150 Å². The Morgan fingerprint density at radius 3 is 1.49 bits per heavy atom. The van der Waals surface area contributed by atoms with E-state index in [1.165, 1.54) is 81.5 Å². The van der Waals surface area contributed by atoms with Gasteiger partial charge in [-0.25, -0.2) is 0 Å². The lowest BCUT2D eigenvalue weighted by Gasteiger charge is -2.20. The molecule has 198 valence electrons. The van der Waals surface area contributed by atoms with E-state index in [0.29, 0.717) is 0 Å². The van der Waals surface area contributed by atoms with Gasteiger partial charge in [-0.3, -0.25) is 0 Å². The van der Waals surface area contributed by atoms with Crippen LogP contribution in [0, 0.1) is 0 Å². The number of para-hydroxylation sites is 1. The lowest BCUT2D eigenvalue weighted by Crippen LogP contribution is -1.93. The highest BCUT2D eigenvalue weighted by molar-refractivity contribution is 6.30. The third-order valence-electron chi connectivity index (χ3n) is 9.40. The SMILES string of the molecule is c1cc2ccc3ccc(-c4c5ccccc5c(-c5cccc6oc7ccccc7c56)c5ccccc45)c4ccc(c1)c2c34.